The second-order valence-electron chi connectivity index (χ2n) is 14.4. The molecule has 0 spiro atoms. The average Bonchev–Trinajstić information content (AvgIpc) is 3.53. The molecule has 1 N–H and O–H groups in total. The summed E-state index contributed by atoms with van der Waals surface area (Å²) in [7, 11) is -3.76. The van der Waals surface area contributed by atoms with E-state index in [-0.39, 0.29) is 22.3 Å². The van der Waals surface area contributed by atoms with Gasteiger partial charge < -0.3 is 9.47 Å². The van der Waals surface area contributed by atoms with E-state index in [4.69, 9.17) is 4.98 Å². The Kier molecular flexibility index (Phi) is 9.30. The molecule has 3 aliphatic rings. The SMILES string of the molecule is Cc1nc2ccccc2n1C1CC2CCC(C1)N2CCC1(c2ccccc2)CCN(C(=O)c2ccc(Br)c(S(=O)(=O)NC(C)C)c2)CC1. The topological polar surface area (TPSA) is 87.5 Å². The number of aryl methyl sites for hydroxylation is 1. The number of hydrogen-bond acceptors (Lipinski definition) is 5. The molecule has 1 amide bonds. The lowest BCUT2D eigenvalue weighted by Crippen LogP contribution is -2.49. The third-order valence-electron chi connectivity index (χ3n) is 11.1. The number of carbonyl (C=O) groups is 1. The van der Waals surface area contributed by atoms with Crippen molar-refractivity contribution in [2.45, 2.75) is 100 Å². The molecule has 3 aliphatic heterocycles. The zero-order valence-electron chi connectivity index (χ0n) is 28.1. The number of fused-ring (bicyclic) bond motifs is 3. The maximum atomic E-state index is 13.8. The third-order valence-corrected chi connectivity index (χ3v) is 13.8. The van der Waals surface area contributed by atoms with Gasteiger partial charge in [0.2, 0.25) is 10.0 Å². The summed E-state index contributed by atoms with van der Waals surface area (Å²) in [6, 6.07) is 25.7. The smallest absolute Gasteiger partial charge is 0.253 e. The summed E-state index contributed by atoms with van der Waals surface area (Å²) in [5, 5.41) is 0. The zero-order chi connectivity index (χ0) is 33.6. The molecule has 48 heavy (non-hydrogen) atoms. The molecule has 4 heterocycles. The molecule has 8 nitrogen and oxygen atoms in total. The van der Waals surface area contributed by atoms with Gasteiger partial charge >= 0.3 is 0 Å². The van der Waals surface area contributed by atoms with Crippen molar-refractivity contribution in [2.24, 2.45) is 0 Å². The summed E-state index contributed by atoms with van der Waals surface area (Å²) < 4.78 is 31.5. The molecule has 2 atom stereocenters. The van der Waals surface area contributed by atoms with E-state index in [9.17, 15) is 13.2 Å². The van der Waals surface area contributed by atoms with Gasteiger partial charge in [0, 0.05) is 47.3 Å². The van der Waals surface area contributed by atoms with Crippen molar-refractivity contribution < 1.29 is 13.2 Å². The van der Waals surface area contributed by atoms with Crippen LogP contribution in [0.4, 0.5) is 0 Å². The fourth-order valence-electron chi connectivity index (χ4n) is 8.80. The van der Waals surface area contributed by atoms with Gasteiger partial charge in [-0.05, 0) is 130 Å². The predicted octanol–water partition coefficient (Wildman–Crippen LogP) is 7.23. The van der Waals surface area contributed by atoms with E-state index < -0.39 is 10.0 Å². The van der Waals surface area contributed by atoms with E-state index in [2.05, 4.69) is 91.6 Å². The van der Waals surface area contributed by atoms with E-state index in [0.29, 0.717) is 41.3 Å². The Morgan fingerprint density at radius 2 is 1.62 bits per heavy atom. The van der Waals surface area contributed by atoms with Crippen LogP contribution in [0.5, 0.6) is 0 Å². The molecule has 3 fully saturated rings. The standard InChI is InChI=1S/C38H46BrN5O3S/c1-26(2)41-48(46,47)36-23-28(13-16-33(36)39)37(45)42-20-17-38(18-21-42,29-9-5-4-6-10-29)19-22-43-30-14-15-31(43)25-32(24-30)44-27(3)40-34-11-7-8-12-35(34)44/h4-13,16,23,26,30-32,41H,14-15,17-22,24-25H2,1-3H3. The largest absolute Gasteiger partial charge is 0.339 e. The van der Waals surface area contributed by atoms with Crippen LogP contribution < -0.4 is 4.72 Å². The molecular formula is C38H46BrN5O3S. The summed E-state index contributed by atoms with van der Waals surface area (Å²) in [6.45, 7) is 8.05. The van der Waals surface area contributed by atoms with E-state index in [1.54, 1.807) is 26.0 Å². The minimum absolute atomic E-state index is 0.0130. The summed E-state index contributed by atoms with van der Waals surface area (Å²) in [5.74, 6) is 0.999. The number of imidazole rings is 1. The molecule has 4 aromatic rings. The number of aromatic nitrogens is 2. The highest BCUT2D eigenvalue weighted by Gasteiger charge is 2.44. The molecule has 0 radical (unpaired) electrons. The Hall–Kier alpha value is -3.05. The van der Waals surface area contributed by atoms with E-state index in [0.717, 1.165) is 50.0 Å². The first-order valence-electron chi connectivity index (χ1n) is 17.4. The fourth-order valence-corrected chi connectivity index (χ4v) is 11.0. The van der Waals surface area contributed by atoms with Gasteiger partial charge in [-0.1, -0.05) is 42.5 Å². The van der Waals surface area contributed by atoms with Crippen LogP contribution in [-0.4, -0.2) is 71.4 Å². The van der Waals surface area contributed by atoms with Gasteiger partial charge in [0.1, 0.15) is 5.82 Å². The van der Waals surface area contributed by atoms with E-state index >= 15 is 0 Å². The Bertz CT molecular complexity index is 1890. The Balaban J connectivity index is 1.06. The van der Waals surface area contributed by atoms with Crippen molar-refractivity contribution in [2.75, 3.05) is 19.6 Å². The molecule has 3 saturated heterocycles. The fraction of sp³-hybridized carbons (Fsp3) is 0.474. The summed E-state index contributed by atoms with van der Waals surface area (Å²) >= 11 is 3.38. The van der Waals surface area contributed by atoms with Crippen molar-refractivity contribution in [3.63, 3.8) is 0 Å². The highest BCUT2D eigenvalue weighted by atomic mass is 79.9. The van der Waals surface area contributed by atoms with Crippen LogP contribution in [0.1, 0.15) is 86.6 Å². The van der Waals surface area contributed by atoms with Gasteiger partial charge in [-0.3, -0.25) is 9.69 Å². The van der Waals surface area contributed by atoms with Crippen LogP contribution in [0.25, 0.3) is 11.0 Å². The first-order chi connectivity index (χ1) is 23.0. The molecule has 2 bridgehead atoms. The van der Waals surface area contributed by atoms with Crippen molar-refractivity contribution >= 4 is 42.9 Å². The number of halogens is 1. The molecule has 0 aliphatic carbocycles. The Labute approximate surface area is 293 Å². The number of sulfonamides is 1. The zero-order valence-corrected chi connectivity index (χ0v) is 30.5. The lowest BCUT2D eigenvalue weighted by molar-refractivity contribution is 0.0606. The lowest BCUT2D eigenvalue weighted by atomic mass is 9.70. The molecule has 254 valence electrons. The number of hydrogen-bond donors (Lipinski definition) is 1. The highest BCUT2D eigenvalue weighted by molar-refractivity contribution is 9.10. The normalized spacial score (nSPS) is 22.9. The number of rotatable bonds is 9. The van der Waals surface area contributed by atoms with Crippen LogP contribution in [0, 0.1) is 6.92 Å². The first kappa shape index (κ1) is 33.4. The predicted molar refractivity (Wildman–Crippen MR) is 194 cm³/mol. The van der Waals surface area contributed by atoms with Crippen molar-refractivity contribution in [3.8, 4) is 0 Å². The van der Waals surface area contributed by atoms with Crippen LogP contribution in [0.15, 0.2) is 82.2 Å². The third kappa shape index (κ3) is 6.37. The van der Waals surface area contributed by atoms with E-state index in [1.165, 1.54) is 30.0 Å². The van der Waals surface area contributed by atoms with Gasteiger partial charge in [-0.15, -0.1) is 0 Å². The van der Waals surface area contributed by atoms with Crippen LogP contribution in [0.3, 0.4) is 0 Å². The summed E-state index contributed by atoms with van der Waals surface area (Å²) in [4.78, 5) is 23.5. The molecule has 2 unspecified atom stereocenters. The Morgan fingerprint density at radius 3 is 2.31 bits per heavy atom. The monoisotopic (exact) mass is 731 g/mol. The Morgan fingerprint density at radius 1 is 0.958 bits per heavy atom. The van der Waals surface area contributed by atoms with Crippen LogP contribution in [-0.2, 0) is 15.4 Å². The van der Waals surface area contributed by atoms with Gasteiger partial charge in [0.15, 0.2) is 0 Å². The quantitative estimate of drug-likeness (QED) is 0.196. The van der Waals surface area contributed by atoms with Crippen LogP contribution in [0.2, 0.25) is 0 Å². The number of para-hydroxylation sites is 2. The second-order valence-corrected chi connectivity index (χ2v) is 16.9. The van der Waals surface area contributed by atoms with Gasteiger partial charge in [-0.2, -0.15) is 0 Å². The number of amides is 1. The van der Waals surface area contributed by atoms with Crippen LogP contribution >= 0.6 is 15.9 Å². The van der Waals surface area contributed by atoms with Crippen molar-refractivity contribution in [3.05, 3.63) is 94.2 Å². The molecule has 1 aromatic heterocycles. The molecular weight excluding hydrogens is 686 g/mol. The number of likely N-dealkylation sites (tertiary alicyclic amines) is 1. The van der Waals surface area contributed by atoms with Crippen molar-refractivity contribution in [1.82, 2.24) is 24.1 Å². The number of nitrogens with zero attached hydrogens (tertiary/aromatic N) is 4. The minimum atomic E-state index is -3.76. The maximum Gasteiger partial charge on any atom is 0.253 e. The van der Waals surface area contributed by atoms with Gasteiger partial charge in [0.25, 0.3) is 5.91 Å². The number of nitrogens with one attached hydrogen (secondary N) is 1. The molecule has 7 rings (SSSR count). The summed E-state index contributed by atoms with van der Waals surface area (Å²) in [5.41, 5.74) is 4.09. The number of benzene rings is 3. The van der Waals surface area contributed by atoms with Gasteiger partial charge in [-0.25, -0.2) is 18.1 Å². The second kappa shape index (κ2) is 13.3. The van der Waals surface area contributed by atoms with Crippen molar-refractivity contribution in [1.29, 1.82) is 0 Å². The highest BCUT2D eigenvalue weighted by Crippen LogP contribution is 2.45. The molecule has 10 heteroatoms. The maximum absolute atomic E-state index is 13.8. The molecule has 3 aromatic carbocycles. The average molecular weight is 733 g/mol. The first-order valence-corrected chi connectivity index (χ1v) is 19.7. The van der Waals surface area contributed by atoms with Gasteiger partial charge in [0.05, 0.1) is 15.9 Å². The summed E-state index contributed by atoms with van der Waals surface area (Å²) in [6.07, 6.45) is 7.66. The number of carbonyl (C=O) groups excluding carboxylic acids is 1. The lowest BCUT2D eigenvalue weighted by Gasteiger charge is -2.45. The number of piperidine rings is 2. The van der Waals surface area contributed by atoms with E-state index in [1.807, 2.05) is 4.90 Å². The minimum Gasteiger partial charge on any atom is -0.339 e. The molecule has 0 saturated carbocycles.